The molecular formula is C19H16Br2O5. The van der Waals surface area contributed by atoms with E-state index in [1.807, 2.05) is 0 Å². The molecule has 2 rings (SSSR count). The third-order valence-electron chi connectivity index (χ3n) is 3.42. The van der Waals surface area contributed by atoms with Crippen molar-refractivity contribution in [3.63, 3.8) is 0 Å². The second-order valence-electron chi connectivity index (χ2n) is 5.18. The summed E-state index contributed by atoms with van der Waals surface area (Å²) in [7, 11) is 2.90. The van der Waals surface area contributed by atoms with Crippen LogP contribution in [-0.2, 0) is 4.79 Å². The van der Waals surface area contributed by atoms with E-state index in [2.05, 4.69) is 31.9 Å². The Labute approximate surface area is 167 Å². The lowest BCUT2D eigenvalue weighted by Gasteiger charge is -2.06. The average Bonchev–Trinajstić information content (AvgIpc) is 2.63. The summed E-state index contributed by atoms with van der Waals surface area (Å²) in [5, 5.41) is 19.6. The molecule has 0 aliphatic carbocycles. The van der Waals surface area contributed by atoms with Gasteiger partial charge in [0.05, 0.1) is 23.2 Å². The third-order valence-corrected chi connectivity index (χ3v) is 4.63. The molecule has 0 spiro atoms. The molecule has 2 N–H and O–H groups in total. The van der Waals surface area contributed by atoms with Crippen LogP contribution < -0.4 is 9.47 Å². The molecule has 0 radical (unpaired) electrons. The molecular weight excluding hydrogens is 468 g/mol. The number of halogens is 2. The van der Waals surface area contributed by atoms with Crippen LogP contribution in [0.4, 0.5) is 0 Å². The molecule has 0 saturated carbocycles. The number of phenols is 2. The Morgan fingerprint density at radius 2 is 1.23 bits per heavy atom. The molecule has 0 heterocycles. The zero-order chi connectivity index (χ0) is 19.3. The maximum atomic E-state index is 12.0. The molecule has 26 heavy (non-hydrogen) atoms. The average molecular weight is 484 g/mol. The minimum Gasteiger partial charge on any atom is -0.503 e. The number of benzene rings is 2. The smallest absolute Gasteiger partial charge is 0.178 e. The predicted molar refractivity (Wildman–Crippen MR) is 108 cm³/mol. The summed E-state index contributed by atoms with van der Waals surface area (Å²) in [4.78, 5) is 12.0. The molecule has 0 bridgehead atoms. The molecule has 0 aromatic heterocycles. The maximum Gasteiger partial charge on any atom is 0.178 e. The van der Waals surface area contributed by atoms with Crippen molar-refractivity contribution in [3.05, 3.63) is 56.5 Å². The summed E-state index contributed by atoms with van der Waals surface area (Å²) in [5.41, 5.74) is 1.39. The number of ketones is 1. The minimum atomic E-state index is -0.226. The van der Waals surface area contributed by atoms with E-state index in [1.54, 1.807) is 36.4 Å². The van der Waals surface area contributed by atoms with Gasteiger partial charge in [0, 0.05) is 0 Å². The van der Waals surface area contributed by atoms with Gasteiger partial charge in [-0.2, -0.15) is 0 Å². The standard InChI is InChI=1S/C19H16Br2O5/c1-25-16-9-11(7-14(20)18(16)23)3-5-13(22)6-4-12-8-15(21)19(24)17(10-12)26-2/h3-10,23-24H,1-2H3. The van der Waals surface area contributed by atoms with Crippen molar-refractivity contribution in [1.82, 2.24) is 0 Å². The normalized spacial score (nSPS) is 11.2. The quantitative estimate of drug-likeness (QED) is 0.569. The number of methoxy groups -OCH3 is 2. The zero-order valence-corrected chi connectivity index (χ0v) is 17.2. The molecule has 0 aliphatic rings. The van der Waals surface area contributed by atoms with Gasteiger partial charge in [-0.15, -0.1) is 0 Å². The fourth-order valence-electron chi connectivity index (χ4n) is 2.10. The van der Waals surface area contributed by atoms with Crippen LogP contribution in [-0.4, -0.2) is 30.2 Å². The van der Waals surface area contributed by atoms with Crippen molar-refractivity contribution in [3.8, 4) is 23.0 Å². The Bertz CT molecular complexity index is 816. The molecule has 0 atom stereocenters. The lowest BCUT2D eigenvalue weighted by atomic mass is 10.1. The van der Waals surface area contributed by atoms with E-state index >= 15 is 0 Å². The number of carbonyl (C=O) groups excluding carboxylic acids is 1. The van der Waals surface area contributed by atoms with Crippen molar-refractivity contribution < 1.29 is 24.5 Å². The number of aromatic hydroxyl groups is 2. The van der Waals surface area contributed by atoms with Gasteiger partial charge in [0.2, 0.25) is 0 Å². The van der Waals surface area contributed by atoms with Gasteiger partial charge in [-0.3, -0.25) is 4.79 Å². The molecule has 0 unspecified atom stereocenters. The molecule has 0 saturated heterocycles. The highest BCUT2D eigenvalue weighted by Crippen LogP contribution is 2.36. The number of allylic oxidation sites excluding steroid dienone is 2. The zero-order valence-electron chi connectivity index (χ0n) is 14.0. The van der Waals surface area contributed by atoms with Crippen molar-refractivity contribution in [2.75, 3.05) is 14.2 Å². The number of phenolic OH excluding ortho intramolecular Hbond substituents is 2. The van der Waals surface area contributed by atoms with Gasteiger partial charge in [0.1, 0.15) is 0 Å². The van der Waals surface area contributed by atoms with E-state index in [-0.39, 0.29) is 17.3 Å². The number of hydrogen-bond donors (Lipinski definition) is 2. The number of ether oxygens (including phenoxy) is 2. The first-order valence-corrected chi connectivity index (χ1v) is 8.97. The SMILES string of the molecule is COc1cc(C=CC(=O)C=Cc2cc(Br)c(O)c(OC)c2)cc(Br)c1O. The molecule has 0 fully saturated rings. The van der Waals surface area contributed by atoms with E-state index < -0.39 is 0 Å². The second-order valence-corrected chi connectivity index (χ2v) is 6.88. The van der Waals surface area contributed by atoms with Gasteiger partial charge in [-0.05, 0) is 79.4 Å². The van der Waals surface area contributed by atoms with Gasteiger partial charge in [-0.1, -0.05) is 12.2 Å². The molecule has 2 aromatic rings. The fourth-order valence-corrected chi connectivity index (χ4v) is 3.02. The van der Waals surface area contributed by atoms with Crippen LogP contribution in [0.2, 0.25) is 0 Å². The molecule has 5 nitrogen and oxygen atoms in total. The molecule has 2 aromatic carbocycles. The van der Waals surface area contributed by atoms with E-state index in [0.717, 1.165) is 0 Å². The highest BCUT2D eigenvalue weighted by molar-refractivity contribution is 9.10. The van der Waals surface area contributed by atoms with Crippen molar-refractivity contribution >= 4 is 49.8 Å². The van der Waals surface area contributed by atoms with Crippen LogP contribution in [0.5, 0.6) is 23.0 Å². The maximum absolute atomic E-state index is 12.0. The summed E-state index contributed by atoms with van der Waals surface area (Å²) in [6.45, 7) is 0. The van der Waals surface area contributed by atoms with Crippen molar-refractivity contribution in [1.29, 1.82) is 0 Å². The first-order chi connectivity index (χ1) is 12.3. The van der Waals surface area contributed by atoms with Crippen LogP contribution in [0.1, 0.15) is 11.1 Å². The van der Waals surface area contributed by atoms with Crippen LogP contribution in [0.25, 0.3) is 12.2 Å². The first-order valence-electron chi connectivity index (χ1n) is 7.38. The topological polar surface area (TPSA) is 76.0 Å². The van der Waals surface area contributed by atoms with Crippen LogP contribution in [0, 0.1) is 0 Å². The highest BCUT2D eigenvalue weighted by Gasteiger charge is 2.08. The Hall–Kier alpha value is -2.25. The number of rotatable bonds is 6. The van der Waals surface area contributed by atoms with E-state index in [1.165, 1.54) is 26.4 Å². The summed E-state index contributed by atoms with van der Waals surface area (Å²) in [6, 6.07) is 6.59. The largest absolute Gasteiger partial charge is 0.503 e. The van der Waals surface area contributed by atoms with Crippen LogP contribution >= 0.6 is 31.9 Å². The Morgan fingerprint density at radius 1 is 0.846 bits per heavy atom. The van der Waals surface area contributed by atoms with Gasteiger partial charge < -0.3 is 19.7 Å². The van der Waals surface area contributed by atoms with Gasteiger partial charge in [0.15, 0.2) is 28.8 Å². The van der Waals surface area contributed by atoms with Crippen LogP contribution in [0.15, 0.2) is 45.4 Å². The summed E-state index contributed by atoms with van der Waals surface area (Å²) in [6.07, 6.45) is 6.04. The van der Waals surface area contributed by atoms with Crippen molar-refractivity contribution in [2.45, 2.75) is 0 Å². The second kappa shape index (κ2) is 8.91. The monoisotopic (exact) mass is 482 g/mol. The molecule has 0 aliphatic heterocycles. The lowest BCUT2D eigenvalue weighted by Crippen LogP contribution is -1.89. The highest BCUT2D eigenvalue weighted by atomic mass is 79.9. The van der Waals surface area contributed by atoms with Gasteiger partial charge in [-0.25, -0.2) is 0 Å². The molecule has 0 amide bonds. The van der Waals surface area contributed by atoms with E-state index in [9.17, 15) is 15.0 Å². The number of hydrogen-bond acceptors (Lipinski definition) is 5. The minimum absolute atomic E-state index is 0.00252. The first kappa shape index (κ1) is 20.1. The number of carbonyl (C=O) groups is 1. The van der Waals surface area contributed by atoms with Gasteiger partial charge >= 0.3 is 0 Å². The molecule has 136 valence electrons. The Balaban J connectivity index is 2.16. The van der Waals surface area contributed by atoms with Crippen molar-refractivity contribution in [2.24, 2.45) is 0 Å². The lowest BCUT2D eigenvalue weighted by molar-refractivity contribution is -0.110. The van der Waals surface area contributed by atoms with Crippen LogP contribution in [0.3, 0.4) is 0 Å². The van der Waals surface area contributed by atoms with Gasteiger partial charge in [0.25, 0.3) is 0 Å². The molecule has 7 heteroatoms. The van der Waals surface area contributed by atoms with E-state index in [0.29, 0.717) is 31.6 Å². The Kier molecular flexibility index (Phi) is 6.88. The summed E-state index contributed by atoms with van der Waals surface area (Å²) in [5.74, 6) is 0.396. The fraction of sp³-hybridized carbons (Fsp3) is 0.105. The third kappa shape index (κ3) is 4.89. The predicted octanol–water partition coefficient (Wildman–Crippen LogP) is 4.94. The summed E-state index contributed by atoms with van der Waals surface area (Å²) < 4.78 is 11.1. The summed E-state index contributed by atoms with van der Waals surface area (Å²) >= 11 is 6.47. The Morgan fingerprint density at radius 3 is 1.58 bits per heavy atom. The van der Waals surface area contributed by atoms with E-state index in [4.69, 9.17) is 9.47 Å².